The third-order valence-corrected chi connectivity index (χ3v) is 7.67. The van der Waals surface area contributed by atoms with Gasteiger partial charge in [0, 0.05) is 28.7 Å². The molecule has 3 aromatic carbocycles. The summed E-state index contributed by atoms with van der Waals surface area (Å²) in [5, 5.41) is 4.77. The number of aryl methyl sites for hydroxylation is 1. The van der Waals surface area contributed by atoms with Gasteiger partial charge in [-0.3, -0.25) is 4.98 Å². The smallest absolute Gasteiger partial charge is 0.668 e. The molecule has 0 radical (unpaired) electrons. The van der Waals surface area contributed by atoms with Crippen molar-refractivity contribution in [1.29, 1.82) is 0 Å². The average molecular weight is 682 g/mol. The summed E-state index contributed by atoms with van der Waals surface area (Å²) in [5.41, 5.74) is 11.3. The second-order valence-electron chi connectivity index (χ2n) is 9.89. The summed E-state index contributed by atoms with van der Waals surface area (Å²) < 4.78 is 0. The summed E-state index contributed by atoms with van der Waals surface area (Å²) in [7, 11) is 0. The van der Waals surface area contributed by atoms with E-state index in [2.05, 4.69) is 84.5 Å². The monoisotopic (exact) mass is 682 g/mol. The molecule has 2 aliphatic heterocycles. The van der Waals surface area contributed by atoms with Crippen LogP contribution >= 0.6 is 0 Å². The van der Waals surface area contributed by atoms with Crippen LogP contribution in [0.2, 0.25) is 0 Å². The van der Waals surface area contributed by atoms with Crippen molar-refractivity contribution in [3.63, 3.8) is 0 Å². The van der Waals surface area contributed by atoms with Crippen molar-refractivity contribution in [2.45, 2.75) is 25.4 Å². The van der Waals surface area contributed by atoms with Crippen LogP contribution in [0.3, 0.4) is 0 Å². The number of para-hydroxylation sites is 1. The minimum Gasteiger partial charge on any atom is -0.668 e. The van der Waals surface area contributed by atoms with E-state index >= 15 is 0 Å². The number of aromatic nitrogens is 2. The van der Waals surface area contributed by atoms with Crippen LogP contribution in [0.25, 0.3) is 27.7 Å². The van der Waals surface area contributed by atoms with Crippen LogP contribution in [0, 0.1) is 19.1 Å². The second kappa shape index (κ2) is 9.92. The Balaban J connectivity index is 0.000000180. The number of benzene rings is 3. The van der Waals surface area contributed by atoms with Crippen LogP contribution in [0.1, 0.15) is 41.2 Å². The summed E-state index contributed by atoms with van der Waals surface area (Å²) in [6, 6.07) is 37.5. The Labute approximate surface area is 242 Å². The fourth-order valence-corrected chi connectivity index (χ4v) is 5.99. The number of fused-ring (bicyclic) bond motifs is 8. The number of rotatable bonds is 1. The average Bonchev–Trinajstić information content (AvgIpc) is 3.54. The van der Waals surface area contributed by atoms with Crippen LogP contribution in [-0.4, -0.2) is 9.97 Å². The molecule has 0 spiro atoms. The van der Waals surface area contributed by atoms with Crippen LogP contribution in [0.4, 0.5) is 5.69 Å². The van der Waals surface area contributed by atoms with Gasteiger partial charge in [0.2, 0.25) is 0 Å². The predicted octanol–water partition coefficient (Wildman–Crippen LogP) is 7.75. The summed E-state index contributed by atoms with van der Waals surface area (Å²) in [5.74, 6) is 0. The van der Waals surface area contributed by atoms with E-state index in [1.165, 1.54) is 27.9 Å². The van der Waals surface area contributed by atoms with E-state index < -0.39 is 0 Å². The molecule has 2 aromatic heterocycles. The minimum atomic E-state index is -0.298. The molecular weight excluding hydrogens is 657 g/mol. The quantitative estimate of drug-likeness (QED) is 0.170. The van der Waals surface area contributed by atoms with Crippen LogP contribution in [-0.2, 0) is 25.5 Å². The first-order valence-electron chi connectivity index (χ1n) is 12.8. The standard InChI is InChI=1S/C23H17N3.C11H8N.Ir/c1-14-10-11-16-15-6-5-7-17-20(15)23(2,21(16)25-14)18-8-3-4-9-19(18)26-13-12-24-22(17)26;1-2-6-10(7-3-1)11-8-4-5-9-12-11;/h3-6,8-13,22H,1-2H3;1-6,8-9H;/q-2;-1;+3. The molecule has 5 aromatic rings. The normalized spacial score (nSPS) is 18.7. The van der Waals surface area contributed by atoms with Crippen molar-refractivity contribution in [3.05, 3.63) is 155 Å². The van der Waals surface area contributed by atoms with E-state index in [1.54, 1.807) is 6.20 Å². The van der Waals surface area contributed by atoms with Gasteiger partial charge in [-0.1, -0.05) is 43.3 Å². The van der Waals surface area contributed by atoms with Gasteiger partial charge in [0.05, 0.1) is 0 Å². The molecule has 1 aliphatic carbocycles. The van der Waals surface area contributed by atoms with E-state index in [0.29, 0.717) is 0 Å². The topological polar surface area (TPSA) is 43.1 Å². The molecule has 8 rings (SSSR count). The molecule has 0 saturated heterocycles. The van der Waals surface area contributed by atoms with Gasteiger partial charge in [0.25, 0.3) is 0 Å². The Morgan fingerprint density at radius 3 is 2.54 bits per heavy atom. The van der Waals surface area contributed by atoms with E-state index in [0.717, 1.165) is 28.2 Å². The van der Waals surface area contributed by atoms with Gasteiger partial charge in [-0.2, -0.15) is 30.0 Å². The Kier molecular flexibility index (Phi) is 6.42. The number of pyridine rings is 2. The van der Waals surface area contributed by atoms with Crippen molar-refractivity contribution in [2.24, 2.45) is 0 Å². The second-order valence-corrected chi connectivity index (χ2v) is 9.89. The number of nitrogens with zero attached hydrogens (tertiary/aromatic N) is 4. The first-order chi connectivity index (χ1) is 18.7. The Bertz CT molecular complexity index is 1650. The van der Waals surface area contributed by atoms with Gasteiger partial charge in [0.15, 0.2) is 0 Å². The van der Waals surface area contributed by atoms with Crippen molar-refractivity contribution < 1.29 is 20.1 Å². The minimum absolute atomic E-state index is 0. The summed E-state index contributed by atoms with van der Waals surface area (Å²) in [6.45, 7) is 4.38. The maximum Gasteiger partial charge on any atom is 3.00 e. The largest absolute Gasteiger partial charge is 3.00 e. The molecule has 0 N–H and O–H groups in total. The number of hydrogen-bond donors (Lipinski definition) is 0. The van der Waals surface area contributed by atoms with Gasteiger partial charge in [-0.05, 0) is 54.3 Å². The molecule has 0 fully saturated rings. The van der Waals surface area contributed by atoms with Crippen LogP contribution < -0.4 is 4.90 Å². The molecule has 0 saturated carbocycles. The molecular formula is C34H25IrN4. The van der Waals surface area contributed by atoms with Gasteiger partial charge in [0.1, 0.15) is 0 Å². The van der Waals surface area contributed by atoms with Crippen molar-refractivity contribution in [3.8, 4) is 22.4 Å². The van der Waals surface area contributed by atoms with E-state index in [9.17, 15) is 0 Å². The molecule has 190 valence electrons. The summed E-state index contributed by atoms with van der Waals surface area (Å²) >= 11 is 0. The third-order valence-electron chi connectivity index (χ3n) is 7.67. The molecule has 2 unspecified atom stereocenters. The Hall–Kier alpha value is -4.05. The molecule has 2 atom stereocenters. The Morgan fingerprint density at radius 2 is 1.72 bits per heavy atom. The van der Waals surface area contributed by atoms with E-state index in [1.807, 2.05) is 54.7 Å². The fraction of sp³-hybridized carbons (Fsp3) is 0.118. The first-order valence-corrected chi connectivity index (χ1v) is 12.8. The van der Waals surface area contributed by atoms with Crippen molar-refractivity contribution in [2.75, 3.05) is 4.90 Å². The molecule has 0 amide bonds. The zero-order valence-corrected chi connectivity index (χ0v) is 24.0. The molecule has 4 heterocycles. The fourth-order valence-electron chi connectivity index (χ4n) is 5.99. The van der Waals surface area contributed by atoms with Gasteiger partial charge in [-0.25, -0.2) is 0 Å². The predicted molar refractivity (Wildman–Crippen MR) is 151 cm³/mol. The maximum absolute atomic E-state index is 5.02. The van der Waals surface area contributed by atoms with Gasteiger partial charge in [-0.15, -0.1) is 47.0 Å². The van der Waals surface area contributed by atoms with Crippen molar-refractivity contribution >= 4 is 5.69 Å². The van der Waals surface area contributed by atoms with Crippen molar-refractivity contribution in [1.82, 2.24) is 9.97 Å². The Morgan fingerprint density at radius 1 is 0.872 bits per heavy atom. The van der Waals surface area contributed by atoms with Gasteiger partial charge >= 0.3 is 20.1 Å². The molecule has 5 heteroatoms. The SMILES string of the molecule is Cc1ccc2c(n1)C1(C)c3ccccc3N3C=C[N-]C3c3[c-]ccc-2c31.[Ir+3].[c-]1ccccc1-c1ccccn1. The van der Waals surface area contributed by atoms with E-state index in [-0.39, 0.29) is 31.7 Å². The zero-order valence-electron chi connectivity index (χ0n) is 21.6. The van der Waals surface area contributed by atoms with Gasteiger partial charge < -0.3 is 15.2 Å². The summed E-state index contributed by atoms with van der Waals surface area (Å²) in [4.78, 5) is 11.5. The third kappa shape index (κ3) is 3.93. The molecule has 0 bridgehead atoms. The number of anilines is 1. The molecule has 3 aliphatic rings. The number of hydrogen-bond acceptors (Lipinski definition) is 3. The van der Waals surface area contributed by atoms with Crippen LogP contribution in [0.15, 0.2) is 110 Å². The van der Waals surface area contributed by atoms with E-state index in [4.69, 9.17) is 10.3 Å². The summed E-state index contributed by atoms with van der Waals surface area (Å²) in [6.07, 6.45) is 5.72. The maximum atomic E-state index is 5.02. The van der Waals surface area contributed by atoms with Crippen LogP contribution in [0.5, 0.6) is 0 Å². The molecule has 4 nitrogen and oxygen atoms in total. The zero-order chi connectivity index (χ0) is 25.7. The first kappa shape index (κ1) is 25.2. The molecule has 39 heavy (non-hydrogen) atoms.